The summed E-state index contributed by atoms with van der Waals surface area (Å²) in [5.74, 6) is -1.20. The average Bonchev–Trinajstić information content (AvgIpc) is 3.18. The van der Waals surface area contributed by atoms with Gasteiger partial charge in [-0.25, -0.2) is 0 Å². The van der Waals surface area contributed by atoms with Gasteiger partial charge in [0.15, 0.2) is 12.6 Å². The molecule has 2 fully saturated rings. The van der Waals surface area contributed by atoms with E-state index >= 15 is 0 Å². The smallest absolute Gasteiger partial charge is 0.209 e. The predicted molar refractivity (Wildman–Crippen MR) is 110 cm³/mol. The molecule has 0 aromatic carbocycles. The van der Waals surface area contributed by atoms with Crippen LogP contribution in [-0.4, -0.2) is 140 Å². The number of hydrogen-bond donors (Lipinski definition) is 9. The van der Waals surface area contributed by atoms with Crippen molar-refractivity contribution in [1.29, 1.82) is 0 Å². The van der Waals surface area contributed by atoms with Crippen molar-refractivity contribution >= 4 is 0 Å². The molecule has 2 saturated heterocycles. The molecule has 3 heterocycles. The molecule has 0 spiro atoms. The van der Waals surface area contributed by atoms with Crippen molar-refractivity contribution in [3.05, 3.63) is 24.0 Å². The molecule has 0 aromatic rings. The second-order valence-corrected chi connectivity index (χ2v) is 9.01. The van der Waals surface area contributed by atoms with E-state index in [-0.39, 0.29) is 6.61 Å². The average molecular weight is 508 g/mol. The molecule has 0 aromatic heterocycles. The van der Waals surface area contributed by atoms with Gasteiger partial charge in [0.05, 0.1) is 38.1 Å². The Hall–Kier alpha value is -1.24. The molecular weight excluding hydrogens is 476 g/mol. The Labute approximate surface area is 199 Å². The van der Waals surface area contributed by atoms with Gasteiger partial charge in [-0.1, -0.05) is 6.08 Å². The standard InChI is InChI=1S/C21H32O14/c22-4-10-13(25)15(27)17(29)20(33-10)32-6-7-3-9(24)8-1-2-31-19(12(7)8)35-21-18(30)16(28)14(26)11(5-23)34-21/h1-3,8-30H,4-6H2/t8-,9+,10+,11+,12+,13+,14+,15-,16-,17+,18+,19-,20+,21-/m0/s1. The van der Waals surface area contributed by atoms with Crippen LogP contribution in [0.25, 0.3) is 0 Å². The Kier molecular flexibility index (Phi) is 8.44. The van der Waals surface area contributed by atoms with Crippen molar-refractivity contribution < 1.29 is 69.6 Å². The second kappa shape index (κ2) is 11.0. The lowest BCUT2D eigenvalue weighted by Crippen LogP contribution is -2.60. The zero-order chi connectivity index (χ0) is 25.4. The molecule has 14 nitrogen and oxygen atoms in total. The van der Waals surface area contributed by atoms with Crippen LogP contribution in [0, 0.1) is 11.8 Å². The van der Waals surface area contributed by atoms with Crippen LogP contribution in [0.2, 0.25) is 0 Å². The molecule has 14 heteroatoms. The number of hydrogen-bond acceptors (Lipinski definition) is 14. The second-order valence-electron chi connectivity index (χ2n) is 9.01. The van der Waals surface area contributed by atoms with Gasteiger partial charge in [-0.15, -0.1) is 0 Å². The Morgan fingerprint density at radius 3 is 1.89 bits per heavy atom. The Morgan fingerprint density at radius 1 is 0.714 bits per heavy atom. The highest BCUT2D eigenvalue weighted by Crippen LogP contribution is 2.41. The maximum absolute atomic E-state index is 10.5. The van der Waals surface area contributed by atoms with Crippen LogP contribution >= 0.6 is 0 Å². The van der Waals surface area contributed by atoms with E-state index in [0.29, 0.717) is 5.57 Å². The van der Waals surface area contributed by atoms with Gasteiger partial charge in [0.1, 0.15) is 48.8 Å². The Morgan fingerprint density at radius 2 is 1.29 bits per heavy atom. The van der Waals surface area contributed by atoms with Gasteiger partial charge < -0.3 is 69.6 Å². The summed E-state index contributed by atoms with van der Waals surface area (Å²) < 4.78 is 27.6. The summed E-state index contributed by atoms with van der Waals surface area (Å²) in [7, 11) is 0. The van der Waals surface area contributed by atoms with Crippen molar-refractivity contribution in [2.75, 3.05) is 19.8 Å². The van der Waals surface area contributed by atoms with Gasteiger partial charge in [0, 0.05) is 5.92 Å². The number of rotatable bonds is 7. The van der Waals surface area contributed by atoms with Gasteiger partial charge in [-0.05, 0) is 11.6 Å². The fraction of sp³-hybridized carbons (Fsp3) is 0.810. The molecule has 4 rings (SSSR count). The van der Waals surface area contributed by atoms with E-state index in [1.807, 2.05) is 0 Å². The van der Waals surface area contributed by atoms with Gasteiger partial charge in [-0.2, -0.15) is 0 Å². The molecule has 9 N–H and O–H groups in total. The Bertz CT molecular complexity index is 773. The number of aliphatic hydroxyl groups excluding tert-OH is 9. The first-order valence-electron chi connectivity index (χ1n) is 11.3. The summed E-state index contributed by atoms with van der Waals surface area (Å²) in [6.45, 7) is -1.49. The van der Waals surface area contributed by atoms with Gasteiger partial charge in [-0.3, -0.25) is 0 Å². The first kappa shape index (κ1) is 26.8. The Balaban J connectivity index is 1.45. The number of fused-ring (bicyclic) bond motifs is 1. The first-order chi connectivity index (χ1) is 16.7. The molecule has 0 bridgehead atoms. The molecule has 4 aliphatic rings. The van der Waals surface area contributed by atoms with Crippen molar-refractivity contribution in [1.82, 2.24) is 0 Å². The highest BCUT2D eigenvalue weighted by molar-refractivity contribution is 5.25. The quantitative estimate of drug-likeness (QED) is 0.147. The highest BCUT2D eigenvalue weighted by Gasteiger charge is 2.50. The van der Waals surface area contributed by atoms with E-state index in [4.69, 9.17) is 23.7 Å². The summed E-state index contributed by atoms with van der Waals surface area (Å²) in [5, 5.41) is 89.6. The molecule has 14 atom stereocenters. The van der Waals surface area contributed by atoms with Crippen molar-refractivity contribution in [2.45, 2.75) is 73.8 Å². The van der Waals surface area contributed by atoms with E-state index in [9.17, 15) is 46.0 Å². The lowest BCUT2D eigenvalue weighted by Gasteiger charge is -2.42. The molecule has 0 saturated carbocycles. The number of aliphatic hydroxyl groups is 9. The van der Waals surface area contributed by atoms with E-state index in [1.54, 1.807) is 6.08 Å². The molecule has 35 heavy (non-hydrogen) atoms. The minimum Gasteiger partial charge on any atom is -0.472 e. The van der Waals surface area contributed by atoms with Crippen molar-refractivity contribution in [3.63, 3.8) is 0 Å². The molecule has 3 aliphatic heterocycles. The molecule has 0 radical (unpaired) electrons. The fourth-order valence-corrected chi connectivity index (χ4v) is 4.75. The summed E-state index contributed by atoms with van der Waals surface area (Å²) in [6.07, 6.45) is -12.6. The monoisotopic (exact) mass is 508 g/mol. The largest absolute Gasteiger partial charge is 0.472 e. The van der Waals surface area contributed by atoms with Gasteiger partial charge in [0.2, 0.25) is 6.29 Å². The SMILES string of the molecule is OC[C@H]1O[C@@H](OCC2=C[C@@H](O)[C@@H]3C=CO[C@@H](O[C@@H]4O[C@H](CO)[C@@H](O)[C@H](O)[C@H]4O)[C@H]23)[C@H](O)[C@@H](O)[C@@H]1O. The van der Waals surface area contributed by atoms with Crippen LogP contribution in [0.3, 0.4) is 0 Å². The van der Waals surface area contributed by atoms with Crippen LogP contribution < -0.4 is 0 Å². The molecule has 0 unspecified atom stereocenters. The van der Waals surface area contributed by atoms with E-state index in [1.165, 1.54) is 12.3 Å². The summed E-state index contributed by atoms with van der Waals surface area (Å²) in [5.41, 5.74) is 0.457. The van der Waals surface area contributed by atoms with Crippen LogP contribution in [0.4, 0.5) is 0 Å². The molecular formula is C21H32O14. The summed E-state index contributed by atoms with van der Waals surface area (Å²) in [6, 6.07) is 0. The summed E-state index contributed by atoms with van der Waals surface area (Å²) >= 11 is 0. The van der Waals surface area contributed by atoms with Crippen molar-refractivity contribution in [3.8, 4) is 0 Å². The third kappa shape index (κ3) is 5.13. The predicted octanol–water partition coefficient (Wildman–Crippen LogP) is -4.98. The van der Waals surface area contributed by atoms with Crippen LogP contribution in [-0.2, 0) is 23.7 Å². The third-order valence-electron chi connectivity index (χ3n) is 6.81. The van der Waals surface area contributed by atoms with Crippen LogP contribution in [0.5, 0.6) is 0 Å². The topological polar surface area (TPSA) is 228 Å². The lowest BCUT2D eigenvalue weighted by molar-refractivity contribution is -0.340. The summed E-state index contributed by atoms with van der Waals surface area (Å²) in [4.78, 5) is 0. The molecule has 0 amide bonds. The maximum atomic E-state index is 10.5. The minimum absolute atomic E-state index is 0.230. The third-order valence-corrected chi connectivity index (χ3v) is 6.81. The van der Waals surface area contributed by atoms with Crippen LogP contribution in [0.15, 0.2) is 24.0 Å². The zero-order valence-corrected chi connectivity index (χ0v) is 18.5. The van der Waals surface area contributed by atoms with E-state index in [0.717, 1.165) is 0 Å². The molecule has 200 valence electrons. The van der Waals surface area contributed by atoms with Crippen molar-refractivity contribution in [2.24, 2.45) is 11.8 Å². The van der Waals surface area contributed by atoms with Gasteiger partial charge >= 0.3 is 0 Å². The maximum Gasteiger partial charge on any atom is 0.209 e. The van der Waals surface area contributed by atoms with Gasteiger partial charge in [0.25, 0.3) is 0 Å². The highest BCUT2D eigenvalue weighted by atomic mass is 16.8. The van der Waals surface area contributed by atoms with E-state index < -0.39 is 98.9 Å². The van der Waals surface area contributed by atoms with E-state index in [2.05, 4.69) is 0 Å². The normalized spacial score (nSPS) is 49.9. The zero-order valence-electron chi connectivity index (χ0n) is 18.5. The van der Waals surface area contributed by atoms with Crippen LogP contribution in [0.1, 0.15) is 0 Å². The minimum atomic E-state index is -1.66. The molecule has 1 aliphatic carbocycles. The fourth-order valence-electron chi connectivity index (χ4n) is 4.75. The lowest BCUT2D eigenvalue weighted by atomic mass is 9.88. The number of ether oxygens (including phenoxy) is 5. The first-order valence-corrected chi connectivity index (χ1v) is 11.3.